The van der Waals surface area contributed by atoms with Crippen LogP contribution < -0.4 is 10.6 Å². The van der Waals surface area contributed by atoms with Crippen molar-refractivity contribution in [1.29, 1.82) is 0 Å². The van der Waals surface area contributed by atoms with Crippen LogP contribution in [0.25, 0.3) is 0 Å². The fourth-order valence-electron chi connectivity index (χ4n) is 2.59. The van der Waals surface area contributed by atoms with Gasteiger partial charge in [0.05, 0.1) is 6.10 Å². The second kappa shape index (κ2) is 4.37. The molecule has 4 nitrogen and oxygen atoms in total. The van der Waals surface area contributed by atoms with Crippen LogP contribution in [0.2, 0.25) is 0 Å². The monoisotopic (exact) mass is 234 g/mol. The minimum absolute atomic E-state index is 0.371. The number of nitrogens with two attached hydrogens (primary N) is 1. The fourth-order valence-corrected chi connectivity index (χ4v) is 2.59. The Morgan fingerprint density at radius 3 is 2.53 bits per heavy atom. The van der Waals surface area contributed by atoms with Crippen LogP contribution in [0.3, 0.4) is 0 Å². The number of aliphatic hydroxyl groups is 1. The molecule has 0 unspecified atom stereocenters. The van der Waals surface area contributed by atoms with Gasteiger partial charge in [-0.25, -0.2) is 0 Å². The maximum absolute atomic E-state index is 11.4. The molecule has 17 heavy (non-hydrogen) atoms. The predicted octanol–water partition coefficient (Wildman–Crippen LogP) is 0.728. The summed E-state index contributed by atoms with van der Waals surface area (Å²) in [6.45, 7) is 4.48. The summed E-state index contributed by atoms with van der Waals surface area (Å²) in [6.07, 6.45) is -0.0603. The largest absolute Gasteiger partial charge is 0.391 e. The molecule has 2 atom stereocenters. The van der Waals surface area contributed by atoms with Gasteiger partial charge in [-0.15, -0.1) is 0 Å². The maximum Gasteiger partial charge on any atom is 0.240 e. The molecule has 1 aromatic carbocycles. The lowest BCUT2D eigenvalue weighted by Gasteiger charge is -2.27. The highest BCUT2D eigenvalue weighted by Gasteiger charge is 2.35. The minimum Gasteiger partial charge on any atom is -0.391 e. The quantitative estimate of drug-likeness (QED) is 0.792. The van der Waals surface area contributed by atoms with E-state index in [1.165, 1.54) is 0 Å². The van der Waals surface area contributed by atoms with E-state index in [0.717, 1.165) is 16.8 Å². The Labute approximate surface area is 101 Å². The zero-order valence-electron chi connectivity index (χ0n) is 10.2. The summed E-state index contributed by atoms with van der Waals surface area (Å²) in [5.74, 6) is -0.371. The van der Waals surface area contributed by atoms with Gasteiger partial charge in [-0.05, 0) is 25.0 Å². The molecule has 4 heteroatoms. The molecule has 1 heterocycles. The average Bonchev–Trinajstić information content (AvgIpc) is 2.60. The number of para-hydroxylation sites is 1. The molecule has 2 rings (SSSR count). The van der Waals surface area contributed by atoms with Crippen LogP contribution in [0.4, 0.5) is 5.69 Å². The minimum atomic E-state index is -0.480. The summed E-state index contributed by atoms with van der Waals surface area (Å²) in [5, 5.41) is 9.71. The first-order valence-corrected chi connectivity index (χ1v) is 5.81. The van der Waals surface area contributed by atoms with Gasteiger partial charge in [-0.2, -0.15) is 0 Å². The van der Waals surface area contributed by atoms with Gasteiger partial charge in [-0.3, -0.25) is 4.79 Å². The highest BCUT2D eigenvalue weighted by Crippen LogP contribution is 2.31. The third kappa shape index (κ3) is 2.13. The number of primary amides is 1. The molecule has 1 aliphatic heterocycles. The van der Waals surface area contributed by atoms with Crippen molar-refractivity contribution < 1.29 is 9.90 Å². The summed E-state index contributed by atoms with van der Waals surface area (Å²) in [7, 11) is 0. The molecule has 3 N–H and O–H groups in total. The van der Waals surface area contributed by atoms with Crippen molar-refractivity contribution in [3.63, 3.8) is 0 Å². The lowest BCUT2D eigenvalue weighted by molar-refractivity contribution is -0.119. The Kier molecular flexibility index (Phi) is 3.07. The van der Waals surface area contributed by atoms with E-state index in [-0.39, 0.29) is 5.91 Å². The molecule has 0 spiro atoms. The van der Waals surface area contributed by atoms with Crippen LogP contribution in [0.5, 0.6) is 0 Å². The van der Waals surface area contributed by atoms with Crippen molar-refractivity contribution in [1.82, 2.24) is 0 Å². The first-order chi connectivity index (χ1) is 8.00. The van der Waals surface area contributed by atoms with E-state index in [0.29, 0.717) is 13.0 Å². The zero-order valence-corrected chi connectivity index (χ0v) is 10.2. The predicted molar refractivity (Wildman–Crippen MR) is 66.9 cm³/mol. The molecule has 0 saturated carbocycles. The molecule has 0 radical (unpaired) electrons. The van der Waals surface area contributed by atoms with Gasteiger partial charge >= 0.3 is 0 Å². The van der Waals surface area contributed by atoms with Crippen molar-refractivity contribution in [3.8, 4) is 0 Å². The van der Waals surface area contributed by atoms with Crippen LogP contribution in [-0.4, -0.2) is 29.7 Å². The van der Waals surface area contributed by atoms with Crippen molar-refractivity contribution in [3.05, 3.63) is 29.3 Å². The van der Waals surface area contributed by atoms with Gasteiger partial charge in [-0.1, -0.05) is 18.2 Å². The number of hydrogen-bond donors (Lipinski definition) is 2. The molecule has 1 fully saturated rings. The van der Waals surface area contributed by atoms with Gasteiger partial charge in [0.15, 0.2) is 0 Å². The summed E-state index contributed by atoms with van der Waals surface area (Å²) < 4.78 is 0. The fraction of sp³-hybridized carbons (Fsp3) is 0.462. The second-order valence-corrected chi connectivity index (χ2v) is 4.70. The molecular weight excluding hydrogens is 216 g/mol. The molecule has 0 aromatic heterocycles. The number of aryl methyl sites for hydroxylation is 2. The third-order valence-electron chi connectivity index (χ3n) is 3.33. The maximum atomic E-state index is 11.4. The lowest BCUT2D eigenvalue weighted by Crippen LogP contribution is -2.41. The molecule has 92 valence electrons. The van der Waals surface area contributed by atoms with E-state index >= 15 is 0 Å². The Morgan fingerprint density at radius 1 is 1.41 bits per heavy atom. The van der Waals surface area contributed by atoms with Crippen LogP contribution in [-0.2, 0) is 4.79 Å². The van der Waals surface area contributed by atoms with Crippen molar-refractivity contribution in [2.24, 2.45) is 5.73 Å². The molecule has 0 aliphatic carbocycles. The SMILES string of the molecule is Cc1cccc(C)c1N1C[C@H](O)C[C@H]1C(N)=O. The number of carbonyl (C=O) groups is 1. The number of β-amino-alcohol motifs (C(OH)–C–C–N with tert-alkyl or cyclic N) is 1. The van der Waals surface area contributed by atoms with E-state index in [1.807, 2.05) is 36.9 Å². The van der Waals surface area contributed by atoms with Crippen LogP contribution in [0.15, 0.2) is 18.2 Å². The third-order valence-corrected chi connectivity index (χ3v) is 3.33. The van der Waals surface area contributed by atoms with Gasteiger partial charge in [0.25, 0.3) is 0 Å². The van der Waals surface area contributed by atoms with Crippen molar-refractivity contribution >= 4 is 11.6 Å². The normalized spacial score (nSPS) is 24.1. The van der Waals surface area contributed by atoms with Crippen LogP contribution in [0, 0.1) is 13.8 Å². The molecule has 1 amide bonds. The van der Waals surface area contributed by atoms with E-state index in [4.69, 9.17) is 5.73 Å². The topological polar surface area (TPSA) is 66.6 Å². The van der Waals surface area contributed by atoms with E-state index < -0.39 is 12.1 Å². The summed E-state index contributed by atoms with van der Waals surface area (Å²) in [6, 6.07) is 5.60. The second-order valence-electron chi connectivity index (χ2n) is 4.70. The van der Waals surface area contributed by atoms with Gasteiger partial charge in [0.1, 0.15) is 6.04 Å². The average molecular weight is 234 g/mol. The Bertz CT molecular complexity index is 425. The smallest absolute Gasteiger partial charge is 0.240 e. The van der Waals surface area contributed by atoms with Crippen LogP contribution >= 0.6 is 0 Å². The van der Waals surface area contributed by atoms with Gasteiger partial charge < -0.3 is 15.7 Å². The lowest BCUT2D eigenvalue weighted by atomic mass is 10.1. The number of amides is 1. The molecule has 1 aliphatic rings. The summed E-state index contributed by atoms with van der Waals surface area (Å²) >= 11 is 0. The molecular formula is C13H18N2O2. The number of benzene rings is 1. The number of nitrogens with zero attached hydrogens (tertiary/aromatic N) is 1. The van der Waals surface area contributed by atoms with E-state index in [1.54, 1.807) is 0 Å². The van der Waals surface area contributed by atoms with Gasteiger partial charge in [0.2, 0.25) is 5.91 Å². The Morgan fingerprint density at radius 2 is 2.00 bits per heavy atom. The highest BCUT2D eigenvalue weighted by molar-refractivity contribution is 5.85. The first-order valence-electron chi connectivity index (χ1n) is 5.81. The van der Waals surface area contributed by atoms with Crippen molar-refractivity contribution in [2.45, 2.75) is 32.4 Å². The zero-order chi connectivity index (χ0) is 12.6. The van der Waals surface area contributed by atoms with Crippen molar-refractivity contribution in [2.75, 3.05) is 11.4 Å². The number of carbonyl (C=O) groups excluding carboxylic acids is 1. The molecule has 1 aromatic rings. The standard InChI is InChI=1S/C13H18N2O2/c1-8-4-3-5-9(2)12(8)15-7-10(16)6-11(15)13(14)17/h3-5,10-11,16H,6-7H2,1-2H3,(H2,14,17)/t10-,11+/m1/s1. The highest BCUT2D eigenvalue weighted by atomic mass is 16.3. The first kappa shape index (κ1) is 11.9. The number of anilines is 1. The molecule has 1 saturated heterocycles. The number of hydrogen-bond acceptors (Lipinski definition) is 3. The summed E-state index contributed by atoms with van der Waals surface area (Å²) in [5.41, 5.74) is 8.62. The van der Waals surface area contributed by atoms with Crippen LogP contribution in [0.1, 0.15) is 17.5 Å². The van der Waals surface area contributed by atoms with Gasteiger partial charge in [0, 0.05) is 18.7 Å². The van der Waals surface area contributed by atoms with E-state index in [2.05, 4.69) is 0 Å². The molecule has 0 bridgehead atoms. The number of rotatable bonds is 2. The summed E-state index contributed by atoms with van der Waals surface area (Å²) in [4.78, 5) is 13.4. The number of aliphatic hydroxyl groups excluding tert-OH is 1. The van der Waals surface area contributed by atoms with E-state index in [9.17, 15) is 9.90 Å². The Balaban J connectivity index is 2.41. The Hall–Kier alpha value is -1.55.